The largest absolute Gasteiger partial charge is 0.390 e. The summed E-state index contributed by atoms with van der Waals surface area (Å²) in [6.07, 6.45) is 2.91. The average molecular weight is 330 g/mol. The molecule has 1 aliphatic carbocycles. The third kappa shape index (κ3) is 3.10. The van der Waals surface area contributed by atoms with Crippen LogP contribution in [0, 0.1) is 12.4 Å². The molecule has 24 heavy (non-hydrogen) atoms. The molecule has 1 amide bonds. The number of imidazole rings is 1. The summed E-state index contributed by atoms with van der Waals surface area (Å²) in [7, 11) is 0. The second-order valence-corrected chi connectivity index (χ2v) is 6.83. The Balaban J connectivity index is 2.03. The highest BCUT2D eigenvalue weighted by molar-refractivity contribution is 5.92. The minimum Gasteiger partial charge on any atom is -0.390 e. The monoisotopic (exact) mass is 330 g/mol. The number of hydrogen-bond acceptors (Lipinski definition) is 3. The highest BCUT2D eigenvalue weighted by Crippen LogP contribution is 2.38. The number of hydrogen-bond donors (Lipinski definition) is 2. The summed E-state index contributed by atoms with van der Waals surface area (Å²) in [6, 6.07) is 2.88. The molecule has 6 nitrogen and oxygen atoms in total. The first-order valence-corrected chi connectivity index (χ1v) is 7.89. The maximum absolute atomic E-state index is 13.9. The van der Waals surface area contributed by atoms with Crippen LogP contribution in [0.2, 0.25) is 0 Å². The molecule has 126 valence electrons. The van der Waals surface area contributed by atoms with Gasteiger partial charge in [-0.3, -0.25) is 10.1 Å². The number of nitrogens with zero attached hydrogens (tertiary/aromatic N) is 3. The van der Waals surface area contributed by atoms with E-state index in [9.17, 15) is 14.3 Å². The number of aromatic nitrogens is 2. The van der Waals surface area contributed by atoms with Crippen molar-refractivity contribution in [3.05, 3.63) is 29.4 Å². The summed E-state index contributed by atoms with van der Waals surface area (Å²) >= 11 is 0. The number of rotatable bonds is 4. The summed E-state index contributed by atoms with van der Waals surface area (Å²) < 4.78 is 15.7. The summed E-state index contributed by atoms with van der Waals surface area (Å²) in [6.45, 7) is 10.2. The van der Waals surface area contributed by atoms with E-state index in [0.29, 0.717) is 17.0 Å². The molecule has 0 saturated heterocycles. The fraction of sp³-hybridized carbons (Fsp3) is 0.471. The van der Waals surface area contributed by atoms with Gasteiger partial charge >= 0.3 is 0 Å². The van der Waals surface area contributed by atoms with E-state index < -0.39 is 11.4 Å². The highest BCUT2D eigenvalue weighted by Gasteiger charge is 2.27. The van der Waals surface area contributed by atoms with Gasteiger partial charge in [-0.2, -0.15) is 0 Å². The van der Waals surface area contributed by atoms with Gasteiger partial charge in [0.1, 0.15) is 5.82 Å². The SMILES string of the molecule is [C-]#[N+]c1cc2c(cc1F)nc(NC(=O)CC(C)(C)O)n2C1CCC1. The van der Waals surface area contributed by atoms with E-state index >= 15 is 0 Å². The molecule has 2 N–H and O–H groups in total. The lowest BCUT2D eigenvalue weighted by Gasteiger charge is -2.29. The molecule has 0 spiro atoms. The van der Waals surface area contributed by atoms with Crippen molar-refractivity contribution in [1.82, 2.24) is 9.55 Å². The Morgan fingerprint density at radius 2 is 2.25 bits per heavy atom. The molecule has 1 aliphatic rings. The third-order valence-corrected chi connectivity index (χ3v) is 4.16. The van der Waals surface area contributed by atoms with Crippen molar-refractivity contribution in [2.75, 3.05) is 5.32 Å². The maximum Gasteiger partial charge on any atom is 0.229 e. The number of carbonyl (C=O) groups excluding carboxylic acids is 1. The molecule has 2 aromatic rings. The van der Waals surface area contributed by atoms with Crippen molar-refractivity contribution in [1.29, 1.82) is 0 Å². The van der Waals surface area contributed by atoms with E-state index in [1.807, 2.05) is 4.57 Å². The van der Waals surface area contributed by atoms with Crippen LogP contribution < -0.4 is 5.32 Å². The predicted octanol–water partition coefficient (Wildman–Crippen LogP) is 3.55. The first-order chi connectivity index (χ1) is 11.3. The Labute approximate surface area is 139 Å². The zero-order valence-corrected chi connectivity index (χ0v) is 13.6. The Morgan fingerprint density at radius 3 is 2.79 bits per heavy atom. The maximum atomic E-state index is 13.9. The lowest BCUT2D eigenvalue weighted by Crippen LogP contribution is -2.29. The Bertz CT molecular complexity index is 841. The smallest absolute Gasteiger partial charge is 0.229 e. The molecule has 0 radical (unpaired) electrons. The summed E-state index contributed by atoms with van der Waals surface area (Å²) in [4.78, 5) is 19.7. The van der Waals surface area contributed by atoms with Crippen LogP contribution in [0.5, 0.6) is 0 Å². The molecular formula is C17H19FN4O2. The van der Waals surface area contributed by atoms with E-state index in [1.54, 1.807) is 13.8 Å². The van der Waals surface area contributed by atoms with Crippen molar-refractivity contribution in [2.24, 2.45) is 0 Å². The third-order valence-electron chi connectivity index (χ3n) is 4.16. The molecule has 0 atom stereocenters. The minimum absolute atomic E-state index is 0.0580. The van der Waals surface area contributed by atoms with Crippen molar-refractivity contribution < 1.29 is 14.3 Å². The van der Waals surface area contributed by atoms with Crippen LogP contribution in [-0.4, -0.2) is 26.2 Å². The first-order valence-electron chi connectivity index (χ1n) is 7.89. The van der Waals surface area contributed by atoms with Gasteiger partial charge in [0.25, 0.3) is 0 Å². The lowest BCUT2D eigenvalue weighted by atomic mass is 9.92. The molecule has 1 aromatic heterocycles. The van der Waals surface area contributed by atoms with Crippen LogP contribution in [0.1, 0.15) is 45.6 Å². The summed E-state index contributed by atoms with van der Waals surface area (Å²) in [5.41, 5.74) is -0.130. The van der Waals surface area contributed by atoms with E-state index in [1.165, 1.54) is 12.1 Å². The zero-order chi connectivity index (χ0) is 17.5. The molecule has 1 fully saturated rings. The van der Waals surface area contributed by atoms with E-state index in [2.05, 4.69) is 15.1 Å². The zero-order valence-electron chi connectivity index (χ0n) is 13.6. The predicted molar refractivity (Wildman–Crippen MR) is 88.4 cm³/mol. The topological polar surface area (TPSA) is 71.5 Å². The average Bonchev–Trinajstić information content (AvgIpc) is 2.71. The number of nitrogens with one attached hydrogen (secondary N) is 1. The van der Waals surface area contributed by atoms with E-state index in [0.717, 1.165) is 19.3 Å². The van der Waals surface area contributed by atoms with Crippen LogP contribution >= 0.6 is 0 Å². The van der Waals surface area contributed by atoms with Gasteiger partial charge in [0.2, 0.25) is 17.5 Å². The fourth-order valence-electron chi connectivity index (χ4n) is 2.86. The van der Waals surface area contributed by atoms with Crippen molar-refractivity contribution in [3.8, 4) is 0 Å². The number of aliphatic hydroxyl groups is 1. The molecule has 0 unspecified atom stereocenters. The van der Waals surface area contributed by atoms with Gasteiger partial charge in [-0.05, 0) is 45.2 Å². The minimum atomic E-state index is -1.12. The van der Waals surface area contributed by atoms with Crippen LogP contribution in [0.4, 0.5) is 16.0 Å². The second-order valence-electron chi connectivity index (χ2n) is 6.83. The summed E-state index contributed by atoms with van der Waals surface area (Å²) in [5, 5.41) is 12.5. The van der Waals surface area contributed by atoms with Gasteiger partial charge in [-0.1, -0.05) is 0 Å². The Morgan fingerprint density at radius 1 is 1.54 bits per heavy atom. The van der Waals surface area contributed by atoms with Gasteiger partial charge < -0.3 is 9.67 Å². The molecule has 0 bridgehead atoms. The van der Waals surface area contributed by atoms with Crippen LogP contribution in [0.15, 0.2) is 12.1 Å². The van der Waals surface area contributed by atoms with Crippen LogP contribution in [0.25, 0.3) is 15.9 Å². The van der Waals surface area contributed by atoms with Crippen LogP contribution in [-0.2, 0) is 4.79 Å². The molecule has 3 rings (SSSR count). The molecule has 1 aromatic carbocycles. The van der Waals surface area contributed by atoms with Crippen molar-refractivity contribution >= 4 is 28.6 Å². The number of anilines is 1. The van der Waals surface area contributed by atoms with Gasteiger partial charge in [-0.15, -0.1) is 0 Å². The highest BCUT2D eigenvalue weighted by atomic mass is 19.1. The number of carbonyl (C=O) groups is 1. The Hall–Kier alpha value is -2.46. The normalized spacial score (nSPS) is 15.1. The fourth-order valence-corrected chi connectivity index (χ4v) is 2.86. The molecule has 0 aliphatic heterocycles. The molecule has 7 heteroatoms. The standard InChI is InChI=1S/C17H19FN4O2/c1-17(2,24)9-15(23)21-16-20-13-7-11(18)12(19-3)8-14(13)22(16)10-5-4-6-10/h7-8,10,24H,4-6,9H2,1-2H3,(H,20,21,23). The van der Waals surface area contributed by atoms with Gasteiger partial charge in [-0.25, -0.2) is 14.2 Å². The first kappa shape index (κ1) is 16.4. The summed E-state index contributed by atoms with van der Waals surface area (Å²) in [5.74, 6) is -0.639. The number of fused-ring (bicyclic) bond motifs is 1. The molecule has 1 saturated carbocycles. The number of amides is 1. The van der Waals surface area contributed by atoms with Crippen molar-refractivity contribution in [2.45, 2.75) is 51.2 Å². The number of benzene rings is 1. The van der Waals surface area contributed by atoms with Gasteiger partial charge in [0, 0.05) is 6.04 Å². The Kier molecular flexibility index (Phi) is 4.01. The van der Waals surface area contributed by atoms with E-state index in [-0.39, 0.29) is 24.1 Å². The van der Waals surface area contributed by atoms with Gasteiger partial charge in [0.05, 0.1) is 29.6 Å². The van der Waals surface area contributed by atoms with Gasteiger partial charge in [0.15, 0.2) is 0 Å². The second kappa shape index (κ2) is 5.87. The molecular weight excluding hydrogens is 311 g/mol. The number of halogens is 1. The van der Waals surface area contributed by atoms with Crippen LogP contribution in [0.3, 0.4) is 0 Å². The van der Waals surface area contributed by atoms with Crippen molar-refractivity contribution in [3.63, 3.8) is 0 Å². The quantitative estimate of drug-likeness (QED) is 0.842. The lowest BCUT2D eigenvalue weighted by molar-refractivity contribution is -0.119. The molecule has 1 heterocycles. The van der Waals surface area contributed by atoms with E-state index in [4.69, 9.17) is 6.57 Å².